The lowest BCUT2D eigenvalue weighted by Gasteiger charge is -2.24. The van der Waals surface area contributed by atoms with Crippen molar-refractivity contribution >= 4 is 23.2 Å². The van der Waals surface area contributed by atoms with E-state index in [4.69, 9.17) is 28.3 Å². The molecule has 0 radical (unpaired) electrons. The summed E-state index contributed by atoms with van der Waals surface area (Å²) in [6, 6.07) is 0.176. The monoisotopic (exact) mass is 171 g/mol. The lowest BCUT2D eigenvalue weighted by Crippen LogP contribution is -2.34. The number of halogens is 2. The van der Waals surface area contributed by atoms with Crippen molar-refractivity contribution in [3.63, 3.8) is 0 Å². The summed E-state index contributed by atoms with van der Waals surface area (Å²) in [6.45, 7) is 3.72. The molecule has 0 saturated heterocycles. The Morgan fingerprint density at radius 3 is 1.89 bits per heavy atom. The molecule has 0 aliphatic heterocycles. The maximum atomic E-state index is 8.62. The van der Waals surface area contributed by atoms with E-state index in [1.807, 2.05) is 13.8 Å². The van der Waals surface area contributed by atoms with Crippen LogP contribution in [-0.4, -0.2) is 27.7 Å². The molecule has 0 saturated carbocycles. The Morgan fingerprint density at radius 1 is 1.44 bits per heavy atom. The molecule has 0 aliphatic carbocycles. The van der Waals surface area contributed by atoms with Crippen molar-refractivity contribution < 1.29 is 5.11 Å². The highest BCUT2D eigenvalue weighted by Crippen LogP contribution is 2.11. The molecular formula is C5H11Cl2NO. The summed E-state index contributed by atoms with van der Waals surface area (Å²) in [7, 11) is 0. The minimum absolute atomic E-state index is 0.102. The molecule has 0 aliphatic rings. The van der Waals surface area contributed by atoms with Crippen molar-refractivity contribution in [2.24, 2.45) is 0 Å². The molecular weight excluding hydrogens is 161 g/mol. The van der Waals surface area contributed by atoms with Crippen LogP contribution in [0.4, 0.5) is 0 Å². The van der Waals surface area contributed by atoms with Gasteiger partial charge >= 0.3 is 0 Å². The van der Waals surface area contributed by atoms with E-state index < -0.39 is 4.96 Å². The minimum Gasteiger partial charge on any atom is -0.381 e. The van der Waals surface area contributed by atoms with Crippen LogP contribution < -0.4 is 0 Å². The fraction of sp³-hybridized carbons (Fsp3) is 1.00. The van der Waals surface area contributed by atoms with Crippen LogP contribution in [0.3, 0.4) is 0 Å². The quantitative estimate of drug-likeness (QED) is 0.395. The molecule has 0 aromatic carbocycles. The van der Waals surface area contributed by atoms with Gasteiger partial charge in [0.1, 0.15) is 0 Å². The second kappa shape index (κ2) is 4.34. The van der Waals surface area contributed by atoms with E-state index in [1.54, 1.807) is 4.90 Å². The summed E-state index contributed by atoms with van der Waals surface area (Å²) in [6.07, 6.45) is 0. The normalized spacial score (nSPS) is 12.0. The summed E-state index contributed by atoms with van der Waals surface area (Å²) in [4.78, 5) is 0.929. The van der Waals surface area contributed by atoms with E-state index in [0.29, 0.717) is 0 Å². The summed E-state index contributed by atoms with van der Waals surface area (Å²) in [5, 5.41) is 8.62. The molecule has 0 aromatic rings. The summed E-state index contributed by atoms with van der Waals surface area (Å²) in [5.41, 5.74) is 0. The van der Waals surface area contributed by atoms with Gasteiger partial charge in [-0.15, -0.1) is 0 Å². The molecule has 1 N–H and O–H groups in total. The van der Waals surface area contributed by atoms with Gasteiger partial charge in [-0.3, -0.25) is 0 Å². The van der Waals surface area contributed by atoms with Crippen LogP contribution in [0.5, 0.6) is 0 Å². The van der Waals surface area contributed by atoms with Crippen molar-refractivity contribution in [3.8, 4) is 0 Å². The van der Waals surface area contributed by atoms with Crippen molar-refractivity contribution in [2.75, 3.05) is 6.73 Å². The van der Waals surface area contributed by atoms with E-state index >= 15 is 0 Å². The summed E-state index contributed by atoms with van der Waals surface area (Å²) < 4.78 is 0. The SMILES string of the molecule is CC(C)N(CO)C(Cl)Cl. The van der Waals surface area contributed by atoms with Crippen LogP contribution in [0.15, 0.2) is 0 Å². The molecule has 0 heterocycles. The van der Waals surface area contributed by atoms with Gasteiger partial charge in [0.2, 0.25) is 0 Å². The highest BCUT2D eigenvalue weighted by atomic mass is 35.5. The highest BCUT2D eigenvalue weighted by Gasteiger charge is 2.13. The molecule has 0 amide bonds. The molecule has 0 aromatic heterocycles. The third-order valence-corrected chi connectivity index (χ3v) is 1.58. The van der Waals surface area contributed by atoms with E-state index in [1.165, 1.54) is 0 Å². The maximum absolute atomic E-state index is 8.62. The van der Waals surface area contributed by atoms with Gasteiger partial charge in [0.15, 0.2) is 4.96 Å². The average molecular weight is 172 g/mol. The van der Waals surface area contributed by atoms with E-state index in [-0.39, 0.29) is 12.8 Å². The van der Waals surface area contributed by atoms with Crippen molar-refractivity contribution in [1.82, 2.24) is 4.90 Å². The molecule has 0 spiro atoms. The van der Waals surface area contributed by atoms with Gasteiger partial charge in [0, 0.05) is 6.04 Å². The van der Waals surface area contributed by atoms with Gasteiger partial charge in [0.25, 0.3) is 0 Å². The first-order valence-electron chi connectivity index (χ1n) is 2.74. The van der Waals surface area contributed by atoms with Gasteiger partial charge < -0.3 is 5.11 Å². The van der Waals surface area contributed by atoms with Gasteiger partial charge in [-0.25, -0.2) is 4.90 Å². The predicted molar refractivity (Wildman–Crippen MR) is 39.6 cm³/mol. The molecule has 0 fully saturated rings. The zero-order valence-electron chi connectivity index (χ0n) is 5.51. The number of aliphatic hydroxyl groups excluding tert-OH is 1. The molecule has 0 rings (SSSR count). The zero-order valence-corrected chi connectivity index (χ0v) is 7.02. The fourth-order valence-electron chi connectivity index (χ4n) is 0.450. The van der Waals surface area contributed by atoms with Crippen molar-refractivity contribution in [1.29, 1.82) is 0 Å². The Labute approximate surface area is 65.4 Å². The van der Waals surface area contributed by atoms with E-state index in [2.05, 4.69) is 0 Å². The van der Waals surface area contributed by atoms with Crippen LogP contribution in [0.2, 0.25) is 0 Å². The number of aliphatic hydroxyl groups is 1. The first-order valence-corrected chi connectivity index (χ1v) is 3.61. The van der Waals surface area contributed by atoms with Crippen LogP contribution in [-0.2, 0) is 0 Å². The van der Waals surface area contributed by atoms with Gasteiger partial charge in [-0.1, -0.05) is 23.2 Å². The number of rotatable bonds is 3. The lowest BCUT2D eigenvalue weighted by atomic mass is 10.4. The molecule has 0 unspecified atom stereocenters. The van der Waals surface area contributed by atoms with Gasteiger partial charge in [-0.05, 0) is 13.8 Å². The molecule has 9 heavy (non-hydrogen) atoms. The van der Waals surface area contributed by atoms with Crippen molar-refractivity contribution in [2.45, 2.75) is 24.8 Å². The Bertz CT molecular complexity index is 69.4. The number of hydrogen-bond donors (Lipinski definition) is 1. The Kier molecular flexibility index (Phi) is 4.58. The number of alkyl halides is 2. The van der Waals surface area contributed by atoms with Crippen molar-refractivity contribution in [3.05, 3.63) is 0 Å². The average Bonchev–Trinajstić information content (AvgIpc) is 1.64. The van der Waals surface area contributed by atoms with E-state index in [0.717, 1.165) is 0 Å². The number of hydrogen-bond acceptors (Lipinski definition) is 2. The molecule has 0 atom stereocenters. The topological polar surface area (TPSA) is 23.5 Å². The zero-order chi connectivity index (χ0) is 7.44. The van der Waals surface area contributed by atoms with Gasteiger partial charge in [-0.2, -0.15) is 0 Å². The second-order valence-electron chi connectivity index (χ2n) is 2.03. The second-order valence-corrected chi connectivity index (χ2v) is 3.08. The Balaban J connectivity index is 3.68. The lowest BCUT2D eigenvalue weighted by molar-refractivity contribution is 0.0886. The smallest absolute Gasteiger partial charge is 0.162 e. The molecule has 2 nitrogen and oxygen atoms in total. The van der Waals surface area contributed by atoms with Crippen LogP contribution in [0.1, 0.15) is 13.8 Å². The number of nitrogens with zero attached hydrogens (tertiary/aromatic N) is 1. The minimum atomic E-state index is -0.616. The first kappa shape index (κ1) is 9.50. The molecule has 4 heteroatoms. The summed E-state index contributed by atoms with van der Waals surface area (Å²) in [5.74, 6) is 0. The highest BCUT2D eigenvalue weighted by molar-refractivity contribution is 6.43. The first-order chi connectivity index (χ1) is 4.09. The Hall–Kier alpha value is 0.500. The Morgan fingerprint density at radius 2 is 1.89 bits per heavy atom. The maximum Gasteiger partial charge on any atom is 0.162 e. The largest absolute Gasteiger partial charge is 0.381 e. The molecule has 56 valence electrons. The summed E-state index contributed by atoms with van der Waals surface area (Å²) >= 11 is 10.9. The third-order valence-electron chi connectivity index (χ3n) is 1.08. The van der Waals surface area contributed by atoms with E-state index in [9.17, 15) is 0 Å². The van der Waals surface area contributed by atoms with Gasteiger partial charge in [0.05, 0.1) is 6.73 Å². The predicted octanol–water partition coefficient (Wildman–Crippen LogP) is 1.41. The van der Waals surface area contributed by atoms with Crippen LogP contribution >= 0.6 is 23.2 Å². The standard InChI is InChI=1S/C5H11Cl2NO/c1-4(2)8(3-9)5(6)7/h4-5,9H,3H2,1-2H3. The fourth-order valence-corrected chi connectivity index (χ4v) is 1.02. The van der Waals surface area contributed by atoms with Crippen LogP contribution in [0.25, 0.3) is 0 Å². The molecule has 0 bridgehead atoms. The third kappa shape index (κ3) is 3.26. The van der Waals surface area contributed by atoms with Crippen LogP contribution in [0, 0.1) is 0 Å².